The standard InChI is InChI=1S/C16H23N3O3/c1-15(2)5-4-11-9-19(7-6-16(11,3)22-15)14(21)12-8-17-10-18-13(12)20/h8,10-11H,4-7,9H2,1-3H3,(H,17,18,20)/t11-,16+/m0/s1. The van der Waals surface area contributed by atoms with Gasteiger partial charge in [-0.3, -0.25) is 9.59 Å². The van der Waals surface area contributed by atoms with E-state index in [0.29, 0.717) is 19.0 Å². The van der Waals surface area contributed by atoms with Gasteiger partial charge in [0, 0.05) is 25.2 Å². The maximum Gasteiger partial charge on any atom is 0.263 e. The van der Waals surface area contributed by atoms with Crippen molar-refractivity contribution < 1.29 is 9.53 Å². The maximum atomic E-state index is 12.6. The van der Waals surface area contributed by atoms with E-state index in [0.717, 1.165) is 19.3 Å². The number of carbonyl (C=O) groups is 1. The number of likely N-dealkylation sites (tertiary alicyclic amines) is 1. The van der Waals surface area contributed by atoms with Crippen molar-refractivity contribution in [3.05, 3.63) is 28.4 Å². The first-order valence-electron chi connectivity index (χ1n) is 7.83. The van der Waals surface area contributed by atoms with E-state index in [4.69, 9.17) is 4.74 Å². The predicted molar refractivity (Wildman–Crippen MR) is 81.7 cm³/mol. The van der Waals surface area contributed by atoms with Crippen molar-refractivity contribution in [2.75, 3.05) is 13.1 Å². The summed E-state index contributed by atoms with van der Waals surface area (Å²) in [4.78, 5) is 32.4. The van der Waals surface area contributed by atoms with Crippen molar-refractivity contribution in [3.63, 3.8) is 0 Å². The van der Waals surface area contributed by atoms with Crippen molar-refractivity contribution in [3.8, 4) is 0 Å². The van der Waals surface area contributed by atoms with Crippen molar-refractivity contribution in [1.82, 2.24) is 14.9 Å². The summed E-state index contributed by atoms with van der Waals surface area (Å²) < 4.78 is 6.30. The van der Waals surface area contributed by atoms with E-state index >= 15 is 0 Å². The number of rotatable bonds is 1. The van der Waals surface area contributed by atoms with E-state index < -0.39 is 0 Å². The topological polar surface area (TPSA) is 75.3 Å². The molecule has 3 heterocycles. The van der Waals surface area contributed by atoms with Crippen LogP contribution in [0.1, 0.15) is 50.4 Å². The molecule has 1 amide bonds. The molecule has 2 saturated heterocycles. The Morgan fingerprint density at radius 3 is 2.91 bits per heavy atom. The van der Waals surface area contributed by atoms with E-state index in [-0.39, 0.29) is 28.2 Å². The molecule has 1 aromatic heterocycles. The smallest absolute Gasteiger partial charge is 0.263 e. The largest absolute Gasteiger partial charge is 0.369 e. The van der Waals surface area contributed by atoms with Crippen LogP contribution in [-0.2, 0) is 4.74 Å². The van der Waals surface area contributed by atoms with Gasteiger partial charge in [0.05, 0.1) is 17.5 Å². The molecule has 0 radical (unpaired) electrons. The molecule has 6 nitrogen and oxygen atoms in total. The van der Waals surface area contributed by atoms with Crippen LogP contribution in [-0.4, -0.2) is 45.1 Å². The number of piperidine rings is 1. The number of fused-ring (bicyclic) bond motifs is 1. The third kappa shape index (κ3) is 2.67. The third-order valence-corrected chi connectivity index (χ3v) is 5.02. The van der Waals surface area contributed by atoms with Crippen molar-refractivity contribution >= 4 is 5.91 Å². The van der Waals surface area contributed by atoms with Gasteiger partial charge in [0.25, 0.3) is 11.5 Å². The Kier molecular flexibility index (Phi) is 3.59. The van der Waals surface area contributed by atoms with Gasteiger partial charge in [0.1, 0.15) is 5.56 Å². The Hall–Kier alpha value is -1.69. The van der Waals surface area contributed by atoms with E-state index in [9.17, 15) is 9.59 Å². The quantitative estimate of drug-likeness (QED) is 0.854. The Bertz CT molecular complexity index is 640. The molecule has 0 bridgehead atoms. The fraction of sp³-hybridized carbons (Fsp3) is 0.688. The van der Waals surface area contributed by atoms with E-state index in [1.165, 1.54) is 12.5 Å². The van der Waals surface area contributed by atoms with Crippen molar-refractivity contribution in [2.45, 2.75) is 51.2 Å². The Morgan fingerprint density at radius 2 is 2.18 bits per heavy atom. The second-order valence-corrected chi connectivity index (χ2v) is 7.21. The summed E-state index contributed by atoms with van der Waals surface area (Å²) in [6, 6.07) is 0. The average molecular weight is 305 g/mol. The van der Waals surface area contributed by atoms with Crippen LogP contribution in [0.15, 0.2) is 17.3 Å². The molecule has 3 rings (SSSR count). The van der Waals surface area contributed by atoms with Crippen LogP contribution in [0, 0.1) is 5.92 Å². The molecule has 6 heteroatoms. The lowest BCUT2D eigenvalue weighted by molar-refractivity contribution is -0.210. The van der Waals surface area contributed by atoms with Crippen LogP contribution in [0.25, 0.3) is 0 Å². The number of H-pyrrole nitrogens is 1. The van der Waals surface area contributed by atoms with Crippen molar-refractivity contribution in [1.29, 1.82) is 0 Å². The third-order valence-electron chi connectivity index (χ3n) is 5.02. The van der Waals surface area contributed by atoms with Crippen LogP contribution in [0.5, 0.6) is 0 Å². The Morgan fingerprint density at radius 1 is 1.41 bits per heavy atom. The normalized spacial score (nSPS) is 30.7. The second kappa shape index (κ2) is 5.19. The summed E-state index contributed by atoms with van der Waals surface area (Å²) in [5, 5.41) is 0. The molecule has 2 aliphatic rings. The number of hydrogen-bond acceptors (Lipinski definition) is 4. The number of amides is 1. The average Bonchev–Trinajstić information content (AvgIpc) is 2.45. The lowest BCUT2D eigenvalue weighted by atomic mass is 9.74. The fourth-order valence-corrected chi connectivity index (χ4v) is 3.70. The zero-order chi connectivity index (χ0) is 16.0. The molecule has 0 unspecified atom stereocenters. The van der Waals surface area contributed by atoms with Crippen LogP contribution in [0.4, 0.5) is 0 Å². The van der Waals surface area contributed by atoms with Crippen LogP contribution < -0.4 is 5.56 Å². The first-order chi connectivity index (χ1) is 10.3. The molecule has 2 atom stereocenters. The number of carbonyl (C=O) groups excluding carboxylic acids is 1. The summed E-state index contributed by atoms with van der Waals surface area (Å²) in [6.07, 6.45) is 5.46. The predicted octanol–water partition coefficient (Wildman–Crippen LogP) is 1.58. The second-order valence-electron chi connectivity index (χ2n) is 7.21. The molecule has 2 fully saturated rings. The van der Waals surface area contributed by atoms with E-state index in [1.807, 2.05) is 0 Å². The highest BCUT2D eigenvalue weighted by Crippen LogP contribution is 2.43. The van der Waals surface area contributed by atoms with E-state index in [2.05, 4.69) is 30.7 Å². The number of aromatic nitrogens is 2. The Labute approximate surface area is 129 Å². The highest BCUT2D eigenvalue weighted by molar-refractivity contribution is 5.93. The van der Waals surface area contributed by atoms with Crippen LogP contribution in [0.3, 0.4) is 0 Å². The van der Waals surface area contributed by atoms with Gasteiger partial charge in [-0.15, -0.1) is 0 Å². The number of hydrogen-bond donors (Lipinski definition) is 1. The SMILES string of the molecule is CC1(C)CC[C@H]2CN(C(=O)c3cnc[nH]c3=O)CC[C@@]2(C)O1. The lowest BCUT2D eigenvalue weighted by Gasteiger charge is -2.53. The molecule has 1 aromatic rings. The molecule has 0 spiro atoms. The molecule has 120 valence electrons. The number of nitrogens with zero attached hydrogens (tertiary/aromatic N) is 2. The summed E-state index contributed by atoms with van der Waals surface area (Å²) in [6.45, 7) is 7.65. The zero-order valence-electron chi connectivity index (χ0n) is 13.4. The molecule has 0 saturated carbocycles. The lowest BCUT2D eigenvalue weighted by Crippen LogP contribution is -2.58. The molecule has 1 N–H and O–H groups in total. The monoisotopic (exact) mass is 305 g/mol. The van der Waals surface area contributed by atoms with Gasteiger partial charge in [-0.1, -0.05) is 0 Å². The minimum absolute atomic E-state index is 0.0993. The van der Waals surface area contributed by atoms with Crippen molar-refractivity contribution in [2.24, 2.45) is 5.92 Å². The maximum absolute atomic E-state index is 12.6. The number of nitrogens with one attached hydrogen (secondary N) is 1. The highest BCUT2D eigenvalue weighted by atomic mass is 16.5. The van der Waals surface area contributed by atoms with Crippen LogP contribution >= 0.6 is 0 Å². The van der Waals surface area contributed by atoms with Gasteiger partial charge in [-0.2, -0.15) is 0 Å². The molecule has 22 heavy (non-hydrogen) atoms. The number of aromatic amines is 1. The summed E-state index contributed by atoms with van der Waals surface area (Å²) >= 11 is 0. The van der Waals surface area contributed by atoms with Gasteiger partial charge in [0.15, 0.2) is 0 Å². The van der Waals surface area contributed by atoms with Gasteiger partial charge in [0.2, 0.25) is 0 Å². The first kappa shape index (κ1) is 15.2. The van der Waals surface area contributed by atoms with Gasteiger partial charge in [-0.25, -0.2) is 4.98 Å². The summed E-state index contributed by atoms with van der Waals surface area (Å²) in [5.41, 5.74) is -0.546. The molecular weight excluding hydrogens is 282 g/mol. The van der Waals surface area contributed by atoms with Gasteiger partial charge in [-0.05, 0) is 40.0 Å². The van der Waals surface area contributed by atoms with Crippen LogP contribution in [0.2, 0.25) is 0 Å². The first-order valence-corrected chi connectivity index (χ1v) is 7.83. The molecule has 2 aliphatic heterocycles. The highest BCUT2D eigenvalue weighted by Gasteiger charge is 2.48. The van der Waals surface area contributed by atoms with Gasteiger partial charge < -0.3 is 14.6 Å². The summed E-state index contributed by atoms with van der Waals surface area (Å²) in [5.74, 6) is 0.0789. The van der Waals surface area contributed by atoms with Gasteiger partial charge >= 0.3 is 0 Å². The summed E-state index contributed by atoms with van der Waals surface area (Å²) in [7, 11) is 0. The van der Waals surface area contributed by atoms with E-state index in [1.54, 1.807) is 4.90 Å². The minimum Gasteiger partial charge on any atom is -0.369 e. The molecule has 0 aliphatic carbocycles. The fourth-order valence-electron chi connectivity index (χ4n) is 3.70. The zero-order valence-corrected chi connectivity index (χ0v) is 13.4. The minimum atomic E-state index is -0.380. The molecule has 0 aromatic carbocycles. The molecular formula is C16H23N3O3. The number of ether oxygens (including phenoxy) is 1. The Balaban J connectivity index is 1.77.